The number of nitrogens with one attached hydrogen (secondary N) is 1. The van der Waals surface area contributed by atoms with Gasteiger partial charge in [0.25, 0.3) is 5.56 Å². The minimum Gasteiger partial charge on any atom is -0.508 e. The summed E-state index contributed by atoms with van der Waals surface area (Å²) < 4.78 is 59.5. The van der Waals surface area contributed by atoms with Crippen molar-refractivity contribution in [1.29, 1.82) is 0 Å². The van der Waals surface area contributed by atoms with Crippen LogP contribution in [0, 0.1) is 11.6 Å². The molecular formula is C31H31F3N6O3. The summed E-state index contributed by atoms with van der Waals surface area (Å²) in [6.45, 7) is 2.12. The van der Waals surface area contributed by atoms with Crippen molar-refractivity contribution in [2.45, 2.75) is 55.9 Å². The first-order valence-corrected chi connectivity index (χ1v) is 14.7. The van der Waals surface area contributed by atoms with Gasteiger partial charge in [0, 0.05) is 55.8 Å². The third-order valence-electron chi connectivity index (χ3n) is 9.56. The Morgan fingerprint density at radius 3 is 2.77 bits per heavy atom. The van der Waals surface area contributed by atoms with Crippen molar-refractivity contribution >= 4 is 27.5 Å². The Bertz CT molecular complexity index is 1880. The van der Waals surface area contributed by atoms with Crippen molar-refractivity contribution in [3.8, 4) is 17.4 Å². The molecule has 4 aromatic rings. The number of hydrogen-bond acceptors (Lipinski definition) is 8. The van der Waals surface area contributed by atoms with Gasteiger partial charge in [-0.25, -0.2) is 13.2 Å². The van der Waals surface area contributed by atoms with Crippen molar-refractivity contribution in [2.24, 2.45) is 0 Å². The van der Waals surface area contributed by atoms with Crippen LogP contribution >= 0.6 is 0 Å². The predicted molar refractivity (Wildman–Crippen MR) is 155 cm³/mol. The molecule has 6 heterocycles. The Morgan fingerprint density at radius 2 is 1.95 bits per heavy atom. The molecule has 224 valence electrons. The average Bonchev–Trinajstić information content (AvgIpc) is 3.61. The van der Waals surface area contributed by atoms with Crippen molar-refractivity contribution in [2.75, 3.05) is 37.7 Å². The molecule has 0 spiro atoms. The number of alkyl halides is 1. The Morgan fingerprint density at radius 1 is 1.14 bits per heavy atom. The summed E-state index contributed by atoms with van der Waals surface area (Å²) in [5.41, 5.74) is -1.30. The minimum absolute atomic E-state index is 0.0132. The van der Waals surface area contributed by atoms with E-state index < -0.39 is 28.9 Å². The van der Waals surface area contributed by atoms with E-state index in [1.807, 2.05) is 4.90 Å². The lowest BCUT2D eigenvalue weighted by molar-refractivity contribution is 0.107. The number of phenols is 1. The highest BCUT2D eigenvalue weighted by Crippen LogP contribution is 2.40. The second-order valence-electron chi connectivity index (χ2n) is 12.3. The van der Waals surface area contributed by atoms with Gasteiger partial charge in [-0.1, -0.05) is 6.07 Å². The molecule has 8 rings (SSSR count). The number of hydrogen-bond donors (Lipinski definition) is 2. The molecule has 4 saturated heterocycles. The molecule has 12 heteroatoms. The summed E-state index contributed by atoms with van der Waals surface area (Å²) in [4.78, 5) is 27.5. The second-order valence-corrected chi connectivity index (χ2v) is 12.3. The van der Waals surface area contributed by atoms with E-state index in [2.05, 4.69) is 15.2 Å². The van der Waals surface area contributed by atoms with Gasteiger partial charge in [0.05, 0.1) is 18.0 Å². The van der Waals surface area contributed by atoms with Gasteiger partial charge in [-0.2, -0.15) is 9.97 Å². The molecule has 2 N–H and O–H groups in total. The molecule has 0 saturated carbocycles. The van der Waals surface area contributed by atoms with E-state index in [-0.39, 0.29) is 65.4 Å². The fraction of sp³-hybridized carbons (Fsp3) is 0.452. The zero-order valence-electron chi connectivity index (χ0n) is 24.3. The highest BCUT2D eigenvalue weighted by molar-refractivity contribution is 5.94. The Balaban J connectivity index is 1.26. The normalized spacial score (nSPS) is 29.0. The van der Waals surface area contributed by atoms with Gasteiger partial charge in [-0.05, 0) is 55.8 Å². The molecule has 4 fully saturated rings. The Kier molecular flexibility index (Phi) is 5.84. The van der Waals surface area contributed by atoms with Gasteiger partial charge < -0.3 is 20.1 Å². The van der Waals surface area contributed by atoms with Crippen molar-refractivity contribution < 1.29 is 24.4 Å². The van der Waals surface area contributed by atoms with E-state index >= 15 is 4.39 Å². The van der Waals surface area contributed by atoms with Crippen LogP contribution in [0.3, 0.4) is 0 Å². The molecule has 9 nitrogen and oxygen atoms in total. The SMILES string of the molecule is [2H][C@]1(F)CN2CCC[C@@]2(COc2nc(N3C[C@H]4CC[C@@H](C3)N4)c3ccn(-c4cc(O)cc5ccc(F)c(F)c45)c(=O)c3n2)C1. The van der Waals surface area contributed by atoms with Crippen LogP contribution in [0.1, 0.15) is 33.5 Å². The number of halogens is 3. The summed E-state index contributed by atoms with van der Waals surface area (Å²) in [6.07, 6.45) is 3.02. The molecule has 0 aliphatic carbocycles. The number of aromatic hydroxyl groups is 1. The lowest BCUT2D eigenvalue weighted by Gasteiger charge is -2.34. The molecule has 2 aromatic carbocycles. The number of nitrogens with zero attached hydrogens (tertiary/aromatic N) is 5. The number of ether oxygens (including phenoxy) is 1. The fourth-order valence-electron chi connectivity index (χ4n) is 7.57. The van der Waals surface area contributed by atoms with Gasteiger partial charge in [0.1, 0.15) is 29.8 Å². The van der Waals surface area contributed by atoms with E-state index in [0.717, 1.165) is 29.9 Å². The summed E-state index contributed by atoms with van der Waals surface area (Å²) in [5, 5.41) is 14.5. The number of benzene rings is 2. The number of anilines is 1. The van der Waals surface area contributed by atoms with Crippen molar-refractivity contribution in [3.05, 3.63) is 58.5 Å². The number of fused-ring (bicyclic) bond motifs is 5. The molecule has 4 aliphatic rings. The topological polar surface area (TPSA) is 95.8 Å². The zero-order chi connectivity index (χ0) is 30.4. The molecule has 43 heavy (non-hydrogen) atoms. The van der Waals surface area contributed by atoms with Crippen molar-refractivity contribution in [1.82, 2.24) is 24.8 Å². The van der Waals surface area contributed by atoms with E-state index in [4.69, 9.17) is 11.1 Å². The van der Waals surface area contributed by atoms with E-state index in [0.29, 0.717) is 37.3 Å². The molecule has 0 amide bonds. The maximum Gasteiger partial charge on any atom is 0.319 e. The lowest BCUT2D eigenvalue weighted by Crippen LogP contribution is -2.51. The third kappa shape index (κ3) is 4.33. The summed E-state index contributed by atoms with van der Waals surface area (Å²) in [6, 6.07) is 6.99. The Hall–Kier alpha value is -3.90. The minimum atomic E-state index is -2.06. The van der Waals surface area contributed by atoms with Crippen LogP contribution in [0.4, 0.5) is 19.0 Å². The number of pyridine rings is 1. The maximum absolute atomic E-state index is 15.1. The van der Waals surface area contributed by atoms with Crippen LogP contribution in [0.5, 0.6) is 11.8 Å². The third-order valence-corrected chi connectivity index (χ3v) is 9.56. The second kappa shape index (κ2) is 9.81. The largest absolute Gasteiger partial charge is 0.508 e. The molecule has 2 aromatic heterocycles. The first-order chi connectivity index (χ1) is 21.1. The quantitative estimate of drug-likeness (QED) is 0.361. The van der Waals surface area contributed by atoms with Crippen LogP contribution in [0.25, 0.3) is 27.4 Å². The summed E-state index contributed by atoms with van der Waals surface area (Å²) in [7, 11) is 0. The number of phenolic OH excluding ortho intramolecular Hbond substituents is 1. The first kappa shape index (κ1) is 25.6. The highest BCUT2D eigenvalue weighted by Gasteiger charge is 2.49. The van der Waals surface area contributed by atoms with Crippen LogP contribution < -0.4 is 20.5 Å². The van der Waals surface area contributed by atoms with Crippen LogP contribution in [0.15, 0.2) is 41.3 Å². The van der Waals surface area contributed by atoms with Gasteiger partial charge in [0.15, 0.2) is 11.6 Å². The summed E-state index contributed by atoms with van der Waals surface area (Å²) >= 11 is 0. The number of rotatable bonds is 5. The average molecular weight is 594 g/mol. The molecule has 0 radical (unpaired) electrons. The van der Waals surface area contributed by atoms with Gasteiger partial charge >= 0.3 is 6.01 Å². The monoisotopic (exact) mass is 593 g/mol. The van der Waals surface area contributed by atoms with Gasteiger partial charge in [-0.15, -0.1) is 0 Å². The van der Waals surface area contributed by atoms with Gasteiger partial charge in [0.2, 0.25) is 0 Å². The lowest BCUT2D eigenvalue weighted by atomic mass is 9.95. The fourth-order valence-corrected chi connectivity index (χ4v) is 7.57. The van der Waals surface area contributed by atoms with E-state index in [1.54, 1.807) is 6.07 Å². The van der Waals surface area contributed by atoms with Crippen LogP contribution in [-0.2, 0) is 0 Å². The molecular weight excluding hydrogens is 561 g/mol. The molecule has 2 bridgehead atoms. The van der Waals surface area contributed by atoms with Gasteiger partial charge in [-0.3, -0.25) is 14.3 Å². The van der Waals surface area contributed by atoms with E-state index in [9.17, 15) is 18.7 Å². The highest BCUT2D eigenvalue weighted by atomic mass is 19.2. The zero-order valence-corrected chi connectivity index (χ0v) is 23.3. The van der Waals surface area contributed by atoms with E-state index in [1.165, 1.54) is 24.4 Å². The molecule has 4 atom stereocenters. The molecule has 4 aliphatic heterocycles. The van der Waals surface area contributed by atoms with Crippen molar-refractivity contribution in [3.63, 3.8) is 0 Å². The standard InChI is InChI=1S/C31H31F3N6O3/c32-18-12-31(7-1-8-39(31)13-18)16-43-30-36-27-22(28(37-30)38-14-19-3-4-20(15-38)35-19)6-9-40(29(27)42)24-11-21(41)10-17-2-5-23(33)26(34)25(17)24/h2,5-6,9-11,18-20,35,41H,1,3-4,7-8,12-16H2/t18-,19-,20+,31+/m1/s1/i18D. The molecule has 0 unspecified atom stereocenters. The Labute approximate surface area is 246 Å². The first-order valence-electron chi connectivity index (χ1n) is 15.2. The maximum atomic E-state index is 15.1. The number of aromatic nitrogens is 3. The predicted octanol–water partition coefficient (Wildman–Crippen LogP) is 3.81. The van der Waals surface area contributed by atoms with Crippen LogP contribution in [-0.4, -0.2) is 81.1 Å². The smallest absolute Gasteiger partial charge is 0.319 e. The van der Waals surface area contributed by atoms with Crippen LogP contribution in [0.2, 0.25) is 0 Å². The number of piperazine rings is 1. The summed E-state index contributed by atoms with van der Waals surface area (Å²) in [5.74, 6) is -1.91.